The largest absolute Gasteiger partial charge is 0.451 e. The summed E-state index contributed by atoms with van der Waals surface area (Å²) in [7, 11) is 0. The first-order chi connectivity index (χ1) is 10.2. The molecule has 21 heavy (non-hydrogen) atoms. The van der Waals surface area contributed by atoms with Crippen molar-refractivity contribution in [3.05, 3.63) is 47.2 Å². The molecule has 3 rings (SSSR count). The Kier molecular flexibility index (Phi) is 4.30. The first-order valence-electron chi connectivity index (χ1n) is 7.39. The molecule has 1 fully saturated rings. The molecule has 0 N–H and O–H groups in total. The Balaban J connectivity index is 1.77. The Labute approximate surface area is 129 Å². The Bertz CT molecular complexity index is 610. The Morgan fingerprint density at radius 1 is 0.952 bits per heavy atom. The summed E-state index contributed by atoms with van der Waals surface area (Å²) >= 11 is 5.88. The predicted octanol–water partition coefficient (Wildman–Crippen LogP) is 4.62. The van der Waals surface area contributed by atoms with Gasteiger partial charge < -0.3 is 9.32 Å². The van der Waals surface area contributed by atoms with Crippen LogP contribution in [0.4, 0.5) is 0 Å². The fraction of sp³-hybridized carbons (Fsp3) is 0.353. The zero-order valence-electron chi connectivity index (χ0n) is 11.8. The van der Waals surface area contributed by atoms with Gasteiger partial charge in [-0.05, 0) is 49.2 Å². The van der Waals surface area contributed by atoms with Crippen LogP contribution in [-0.4, -0.2) is 23.9 Å². The lowest BCUT2D eigenvalue weighted by atomic mass is 10.2. The average molecular weight is 304 g/mol. The van der Waals surface area contributed by atoms with Crippen LogP contribution in [0.5, 0.6) is 0 Å². The molecule has 0 saturated carbocycles. The van der Waals surface area contributed by atoms with Crippen molar-refractivity contribution in [1.82, 2.24) is 4.90 Å². The van der Waals surface area contributed by atoms with Gasteiger partial charge in [0.1, 0.15) is 5.76 Å². The molecule has 0 bridgehead atoms. The summed E-state index contributed by atoms with van der Waals surface area (Å²) in [6.07, 6.45) is 4.57. The molecule has 110 valence electrons. The van der Waals surface area contributed by atoms with Gasteiger partial charge in [0.15, 0.2) is 5.76 Å². The summed E-state index contributed by atoms with van der Waals surface area (Å²) < 4.78 is 5.73. The maximum atomic E-state index is 12.5. The van der Waals surface area contributed by atoms with Crippen LogP contribution < -0.4 is 0 Å². The van der Waals surface area contributed by atoms with Crippen LogP contribution in [-0.2, 0) is 0 Å². The SMILES string of the molecule is O=C(c1ccc(-c2ccc(Cl)cc2)o1)N1CCCCCC1. The molecule has 3 nitrogen and oxygen atoms in total. The predicted molar refractivity (Wildman–Crippen MR) is 83.5 cm³/mol. The normalized spacial score (nSPS) is 15.8. The number of hydrogen-bond donors (Lipinski definition) is 0. The van der Waals surface area contributed by atoms with E-state index in [0.717, 1.165) is 31.5 Å². The highest BCUT2D eigenvalue weighted by molar-refractivity contribution is 6.30. The fourth-order valence-corrected chi connectivity index (χ4v) is 2.78. The van der Waals surface area contributed by atoms with Gasteiger partial charge in [-0.25, -0.2) is 0 Å². The zero-order chi connectivity index (χ0) is 14.7. The monoisotopic (exact) mass is 303 g/mol. The van der Waals surface area contributed by atoms with E-state index >= 15 is 0 Å². The van der Waals surface area contributed by atoms with Crippen molar-refractivity contribution in [2.24, 2.45) is 0 Å². The molecule has 0 unspecified atom stereocenters. The molecule has 2 aromatic rings. The number of hydrogen-bond acceptors (Lipinski definition) is 2. The summed E-state index contributed by atoms with van der Waals surface area (Å²) in [5.41, 5.74) is 0.925. The van der Waals surface area contributed by atoms with Gasteiger partial charge >= 0.3 is 0 Å². The number of nitrogens with zero attached hydrogens (tertiary/aromatic N) is 1. The Morgan fingerprint density at radius 2 is 1.62 bits per heavy atom. The fourth-order valence-electron chi connectivity index (χ4n) is 2.65. The smallest absolute Gasteiger partial charge is 0.289 e. The number of benzene rings is 1. The third kappa shape index (κ3) is 3.30. The summed E-state index contributed by atoms with van der Waals surface area (Å²) in [5.74, 6) is 1.11. The second-order valence-electron chi connectivity index (χ2n) is 5.38. The van der Waals surface area contributed by atoms with E-state index in [1.165, 1.54) is 12.8 Å². The van der Waals surface area contributed by atoms with Gasteiger partial charge in [0, 0.05) is 23.7 Å². The number of carbonyl (C=O) groups is 1. The van der Waals surface area contributed by atoms with Gasteiger partial charge in [0.2, 0.25) is 0 Å². The van der Waals surface area contributed by atoms with Crippen LogP contribution in [0.2, 0.25) is 5.02 Å². The lowest BCUT2D eigenvalue weighted by molar-refractivity contribution is 0.0730. The molecular weight excluding hydrogens is 286 g/mol. The minimum Gasteiger partial charge on any atom is -0.451 e. The van der Waals surface area contributed by atoms with Crippen LogP contribution >= 0.6 is 11.6 Å². The van der Waals surface area contributed by atoms with Gasteiger partial charge in [-0.2, -0.15) is 0 Å². The van der Waals surface area contributed by atoms with E-state index in [2.05, 4.69) is 0 Å². The van der Waals surface area contributed by atoms with E-state index in [1.54, 1.807) is 6.07 Å². The molecule has 0 spiro atoms. The van der Waals surface area contributed by atoms with Crippen molar-refractivity contribution >= 4 is 17.5 Å². The first kappa shape index (κ1) is 14.2. The molecular formula is C17H18ClNO2. The van der Waals surface area contributed by atoms with Crippen molar-refractivity contribution in [2.75, 3.05) is 13.1 Å². The summed E-state index contributed by atoms with van der Waals surface area (Å²) in [5, 5.41) is 0.686. The van der Waals surface area contributed by atoms with Gasteiger partial charge in [0.25, 0.3) is 5.91 Å². The number of rotatable bonds is 2. The van der Waals surface area contributed by atoms with Crippen molar-refractivity contribution in [1.29, 1.82) is 0 Å². The second kappa shape index (κ2) is 6.35. The highest BCUT2D eigenvalue weighted by Crippen LogP contribution is 2.25. The van der Waals surface area contributed by atoms with Crippen molar-refractivity contribution in [3.63, 3.8) is 0 Å². The summed E-state index contributed by atoms with van der Waals surface area (Å²) in [4.78, 5) is 14.4. The molecule has 0 radical (unpaired) electrons. The summed E-state index contributed by atoms with van der Waals surface area (Å²) in [6, 6.07) is 11.0. The molecule has 4 heteroatoms. The standard InChI is InChI=1S/C17H18ClNO2/c18-14-7-5-13(6-8-14)15-9-10-16(21-15)17(20)19-11-3-1-2-4-12-19/h5-10H,1-4,11-12H2. The first-order valence-corrected chi connectivity index (χ1v) is 7.77. The number of halogens is 1. The van der Waals surface area contributed by atoms with E-state index in [-0.39, 0.29) is 5.91 Å². The number of amides is 1. The molecule has 1 aromatic carbocycles. The highest BCUT2D eigenvalue weighted by Gasteiger charge is 2.20. The van der Waals surface area contributed by atoms with Gasteiger partial charge in [-0.1, -0.05) is 24.4 Å². The zero-order valence-corrected chi connectivity index (χ0v) is 12.6. The van der Waals surface area contributed by atoms with E-state index in [0.29, 0.717) is 16.5 Å². The van der Waals surface area contributed by atoms with Crippen molar-refractivity contribution in [2.45, 2.75) is 25.7 Å². The van der Waals surface area contributed by atoms with Crippen molar-refractivity contribution < 1.29 is 9.21 Å². The highest BCUT2D eigenvalue weighted by atomic mass is 35.5. The molecule has 1 amide bonds. The lowest BCUT2D eigenvalue weighted by Crippen LogP contribution is -2.31. The molecule has 1 aliphatic rings. The maximum absolute atomic E-state index is 12.5. The summed E-state index contributed by atoms with van der Waals surface area (Å²) in [6.45, 7) is 1.66. The van der Waals surface area contributed by atoms with E-state index in [9.17, 15) is 4.79 Å². The van der Waals surface area contributed by atoms with Gasteiger partial charge in [-0.15, -0.1) is 0 Å². The molecule has 1 aromatic heterocycles. The number of likely N-dealkylation sites (tertiary alicyclic amines) is 1. The Hall–Kier alpha value is -1.74. The van der Waals surface area contributed by atoms with E-state index < -0.39 is 0 Å². The number of carbonyl (C=O) groups excluding carboxylic acids is 1. The lowest BCUT2D eigenvalue weighted by Gasteiger charge is -2.18. The van der Waals surface area contributed by atoms with Gasteiger partial charge in [-0.3, -0.25) is 4.79 Å². The van der Waals surface area contributed by atoms with Crippen LogP contribution in [0, 0.1) is 0 Å². The molecule has 0 atom stereocenters. The van der Waals surface area contributed by atoms with E-state index in [1.807, 2.05) is 35.2 Å². The molecule has 2 heterocycles. The van der Waals surface area contributed by atoms with Crippen molar-refractivity contribution in [3.8, 4) is 11.3 Å². The van der Waals surface area contributed by atoms with Crippen LogP contribution in [0.25, 0.3) is 11.3 Å². The minimum absolute atomic E-state index is 0.00267. The van der Waals surface area contributed by atoms with Crippen LogP contribution in [0.1, 0.15) is 36.2 Å². The quantitative estimate of drug-likeness (QED) is 0.811. The third-order valence-corrected chi connectivity index (χ3v) is 4.09. The topological polar surface area (TPSA) is 33.5 Å². The minimum atomic E-state index is -0.00267. The van der Waals surface area contributed by atoms with Gasteiger partial charge in [0.05, 0.1) is 0 Å². The Morgan fingerprint density at radius 3 is 2.29 bits per heavy atom. The van der Waals surface area contributed by atoms with Crippen LogP contribution in [0.15, 0.2) is 40.8 Å². The van der Waals surface area contributed by atoms with Crippen LogP contribution in [0.3, 0.4) is 0 Å². The molecule has 1 saturated heterocycles. The molecule has 0 aliphatic carbocycles. The van der Waals surface area contributed by atoms with E-state index in [4.69, 9.17) is 16.0 Å². The average Bonchev–Trinajstić information content (AvgIpc) is 2.83. The maximum Gasteiger partial charge on any atom is 0.289 e. The third-order valence-electron chi connectivity index (χ3n) is 3.84. The molecule has 1 aliphatic heterocycles. The number of furan rings is 1. The second-order valence-corrected chi connectivity index (χ2v) is 5.81.